The highest BCUT2D eigenvalue weighted by Gasteiger charge is 2.22. The smallest absolute Gasteiger partial charge is 0.241 e. The highest BCUT2D eigenvalue weighted by molar-refractivity contribution is 7.89. The molecule has 0 radical (unpaired) electrons. The molecule has 0 aliphatic carbocycles. The van der Waals surface area contributed by atoms with E-state index in [0.29, 0.717) is 11.3 Å². The second-order valence-electron chi connectivity index (χ2n) is 5.13. The molecule has 1 aromatic carbocycles. The fraction of sp³-hybridized carbons (Fsp3) is 0.500. The number of carbonyl (C=O) groups excluding carboxylic acids is 1. The quantitative estimate of drug-likeness (QED) is 0.768. The van der Waals surface area contributed by atoms with Crippen LogP contribution in [0.25, 0.3) is 0 Å². The Morgan fingerprint density at radius 2 is 2.05 bits per heavy atom. The van der Waals surface area contributed by atoms with Crippen LogP contribution in [0.3, 0.4) is 0 Å². The van der Waals surface area contributed by atoms with Gasteiger partial charge in [0.05, 0.1) is 10.9 Å². The number of carbonyl (C=O) groups is 1. The van der Waals surface area contributed by atoms with Crippen molar-refractivity contribution in [2.45, 2.75) is 37.1 Å². The van der Waals surface area contributed by atoms with Gasteiger partial charge in [0, 0.05) is 5.69 Å². The topological polar surface area (TPSA) is 87.3 Å². The number of hydrogen-bond acceptors (Lipinski definition) is 4. The molecule has 2 rings (SSSR count). The molecular weight excluding hydrogens is 326 g/mol. The molecule has 0 bridgehead atoms. The van der Waals surface area contributed by atoms with E-state index in [-0.39, 0.29) is 29.3 Å². The normalized spacial score (nSPS) is 18.4. The molecule has 1 heterocycles. The average molecular weight is 348 g/mol. The Bertz CT molecular complexity index is 628. The van der Waals surface area contributed by atoms with Gasteiger partial charge in [0.15, 0.2) is 0 Å². The van der Waals surface area contributed by atoms with Gasteiger partial charge in [-0.25, -0.2) is 13.1 Å². The lowest BCUT2D eigenvalue weighted by atomic mass is 10.0. The fourth-order valence-electron chi connectivity index (χ4n) is 2.45. The van der Waals surface area contributed by atoms with Crippen LogP contribution in [0.1, 0.15) is 24.8 Å². The predicted octanol–water partition coefficient (Wildman–Crippen LogP) is 1.41. The first-order chi connectivity index (χ1) is 9.95. The maximum atomic E-state index is 12.2. The molecule has 1 aliphatic rings. The van der Waals surface area contributed by atoms with E-state index in [2.05, 4.69) is 15.4 Å². The van der Waals surface area contributed by atoms with Gasteiger partial charge in [0.1, 0.15) is 0 Å². The number of halogens is 1. The molecule has 1 unspecified atom stereocenters. The lowest BCUT2D eigenvalue weighted by molar-refractivity contribution is -0.118. The molecule has 1 fully saturated rings. The van der Waals surface area contributed by atoms with Gasteiger partial charge in [-0.15, -0.1) is 12.4 Å². The molecule has 0 aromatic heterocycles. The fourth-order valence-corrected chi connectivity index (χ4v) is 3.44. The molecule has 1 amide bonds. The maximum Gasteiger partial charge on any atom is 0.241 e. The molecule has 0 saturated carbocycles. The Morgan fingerprint density at radius 1 is 1.32 bits per heavy atom. The Balaban J connectivity index is 0.00000242. The van der Waals surface area contributed by atoms with Crippen LogP contribution in [0.5, 0.6) is 0 Å². The van der Waals surface area contributed by atoms with Crippen molar-refractivity contribution in [2.24, 2.45) is 0 Å². The molecule has 1 aliphatic heterocycles. The summed E-state index contributed by atoms with van der Waals surface area (Å²) in [6.07, 6.45) is 2.91. The summed E-state index contributed by atoms with van der Waals surface area (Å²) in [5, 5.41) is 5.99. The predicted molar refractivity (Wildman–Crippen MR) is 88.9 cm³/mol. The third-order valence-electron chi connectivity index (χ3n) is 3.73. The summed E-state index contributed by atoms with van der Waals surface area (Å²) in [5.41, 5.74) is 1.07. The van der Waals surface area contributed by atoms with Crippen molar-refractivity contribution >= 4 is 34.0 Å². The summed E-state index contributed by atoms with van der Waals surface area (Å²) < 4.78 is 26.1. The number of nitrogens with one attached hydrogen (secondary N) is 3. The van der Waals surface area contributed by atoms with Crippen LogP contribution in [0, 0.1) is 6.92 Å². The average Bonchev–Trinajstić information content (AvgIpc) is 2.50. The molecule has 6 nitrogen and oxygen atoms in total. The van der Waals surface area contributed by atoms with Crippen LogP contribution in [-0.4, -0.2) is 34.0 Å². The van der Waals surface area contributed by atoms with E-state index in [1.165, 1.54) is 13.1 Å². The number of benzene rings is 1. The van der Waals surface area contributed by atoms with Crippen molar-refractivity contribution < 1.29 is 13.2 Å². The van der Waals surface area contributed by atoms with Crippen molar-refractivity contribution in [2.75, 3.05) is 18.9 Å². The van der Waals surface area contributed by atoms with Gasteiger partial charge in [0.2, 0.25) is 15.9 Å². The zero-order valence-electron chi connectivity index (χ0n) is 12.7. The van der Waals surface area contributed by atoms with Crippen molar-refractivity contribution in [1.29, 1.82) is 0 Å². The first-order valence-corrected chi connectivity index (χ1v) is 8.51. The van der Waals surface area contributed by atoms with E-state index < -0.39 is 10.0 Å². The van der Waals surface area contributed by atoms with Gasteiger partial charge in [0.25, 0.3) is 0 Å². The first kappa shape index (κ1) is 18.9. The molecule has 22 heavy (non-hydrogen) atoms. The Kier molecular flexibility index (Phi) is 6.80. The molecule has 1 saturated heterocycles. The highest BCUT2D eigenvalue weighted by atomic mass is 35.5. The number of hydrogen-bond donors (Lipinski definition) is 3. The summed E-state index contributed by atoms with van der Waals surface area (Å²) in [6, 6.07) is 4.66. The Hall–Kier alpha value is -1.15. The standard InChI is InChI=1S/C14H21N3O3S.ClH/c1-10-11(7-5-8-13(10)21(19,20)15-2)17-14(18)12-6-3-4-9-16-12;/h5,7-8,12,15-16H,3-4,6,9H2,1-2H3,(H,17,18);1H. The third-order valence-corrected chi connectivity index (χ3v) is 5.29. The van der Waals surface area contributed by atoms with E-state index in [1.807, 2.05) is 0 Å². The summed E-state index contributed by atoms with van der Waals surface area (Å²) in [7, 11) is -2.16. The second-order valence-corrected chi connectivity index (χ2v) is 6.98. The van der Waals surface area contributed by atoms with Gasteiger partial charge in [-0.1, -0.05) is 12.5 Å². The third kappa shape index (κ3) is 4.19. The van der Waals surface area contributed by atoms with Gasteiger partial charge >= 0.3 is 0 Å². The molecular formula is C14H22ClN3O3S. The van der Waals surface area contributed by atoms with Crippen LogP contribution in [0.15, 0.2) is 23.1 Å². The Morgan fingerprint density at radius 3 is 2.64 bits per heavy atom. The van der Waals surface area contributed by atoms with Crippen molar-refractivity contribution in [1.82, 2.24) is 10.0 Å². The molecule has 0 spiro atoms. The minimum atomic E-state index is -3.53. The summed E-state index contributed by atoms with van der Waals surface area (Å²) in [6.45, 7) is 2.53. The largest absolute Gasteiger partial charge is 0.324 e. The van der Waals surface area contributed by atoms with E-state index >= 15 is 0 Å². The summed E-state index contributed by atoms with van der Waals surface area (Å²) >= 11 is 0. The molecule has 1 atom stereocenters. The SMILES string of the molecule is CNS(=O)(=O)c1cccc(NC(=O)C2CCCCN2)c1C.Cl. The van der Waals surface area contributed by atoms with Crippen molar-refractivity contribution in [3.63, 3.8) is 0 Å². The number of sulfonamides is 1. The van der Waals surface area contributed by atoms with E-state index in [9.17, 15) is 13.2 Å². The first-order valence-electron chi connectivity index (χ1n) is 7.03. The molecule has 1 aromatic rings. The molecule has 8 heteroatoms. The van der Waals surface area contributed by atoms with Crippen molar-refractivity contribution in [3.05, 3.63) is 23.8 Å². The molecule has 3 N–H and O–H groups in total. The van der Waals surface area contributed by atoms with Gasteiger partial charge in [-0.2, -0.15) is 0 Å². The highest BCUT2D eigenvalue weighted by Crippen LogP contribution is 2.23. The lowest BCUT2D eigenvalue weighted by Gasteiger charge is -2.23. The minimum Gasteiger partial charge on any atom is -0.324 e. The maximum absolute atomic E-state index is 12.2. The van der Waals surface area contributed by atoms with Crippen molar-refractivity contribution in [3.8, 4) is 0 Å². The van der Waals surface area contributed by atoms with Gasteiger partial charge in [-0.05, 0) is 51.1 Å². The number of rotatable bonds is 4. The lowest BCUT2D eigenvalue weighted by Crippen LogP contribution is -2.43. The van der Waals surface area contributed by atoms with Crippen LogP contribution in [0.4, 0.5) is 5.69 Å². The van der Waals surface area contributed by atoms with Crippen LogP contribution in [-0.2, 0) is 14.8 Å². The van der Waals surface area contributed by atoms with Gasteiger partial charge < -0.3 is 10.6 Å². The van der Waals surface area contributed by atoms with Crippen LogP contribution >= 0.6 is 12.4 Å². The van der Waals surface area contributed by atoms with Crippen LogP contribution in [0.2, 0.25) is 0 Å². The minimum absolute atomic E-state index is 0. The van der Waals surface area contributed by atoms with E-state index in [4.69, 9.17) is 0 Å². The summed E-state index contributed by atoms with van der Waals surface area (Å²) in [4.78, 5) is 12.4. The monoisotopic (exact) mass is 347 g/mol. The molecule has 124 valence electrons. The Labute approximate surface area is 137 Å². The number of amides is 1. The van der Waals surface area contributed by atoms with Gasteiger partial charge in [-0.3, -0.25) is 4.79 Å². The number of anilines is 1. The zero-order valence-corrected chi connectivity index (χ0v) is 14.3. The summed E-state index contributed by atoms with van der Waals surface area (Å²) in [5.74, 6) is -0.114. The number of piperidine rings is 1. The second kappa shape index (κ2) is 7.92. The van der Waals surface area contributed by atoms with Crippen LogP contribution < -0.4 is 15.4 Å². The zero-order chi connectivity index (χ0) is 15.5. The van der Waals surface area contributed by atoms with E-state index in [1.54, 1.807) is 19.1 Å². The van der Waals surface area contributed by atoms with E-state index in [0.717, 1.165) is 25.8 Å².